The van der Waals surface area contributed by atoms with Gasteiger partial charge in [-0.15, -0.1) is 0 Å². The zero-order valence-electron chi connectivity index (χ0n) is 13.8. The van der Waals surface area contributed by atoms with Crippen molar-refractivity contribution >= 4 is 5.91 Å². The Balaban J connectivity index is 4.04. The third-order valence-corrected chi connectivity index (χ3v) is 3.54. The number of rotatable bonds is 7. The zero-order valence-corrected chi connectivity index (χ0v) is 13.8. The smallest absolute Gasteiger partial charge is 0.221 e. The van der Waals surface area contributed by atoms with Gasteiger partial charge in [0, 0.05) is 37.6 Å². The highest BCUT2D eigenvalue weighted by molar-refractivity contribution is 5.76. The molecule has 0 fully saturated rings. The molecular formula is C15H33N3O. The Hall–Kier alpha value is -0.610. The van der Waals surface area contributed by atoms with Gasteiger partial charge >= 0.3 is 0 Å². The maximum atomic E-state index is 11.8. The van der Waals surface area contributed by atoms with Crippen LogP contribution in [0.25, 0.3) is 0 Å². The zero-order chi connectivity index (χ0) is 15.2. The summed E-state index contributed by atoms with van der Waals surface area (Å²) in [6, 6.07) is 0.890. The van der Waals surface area contributed by atoms with E-state index in [1.165, 1.54) is 0 Å². The second-order valence-corrected chi connectivity index (χ2v) is 6.95. The van der Waals surface area contributed by atoms with Gasteiger partial charge in [0.2, 0.25) is 5.91 Å². The Bertz CT molecular complexity index is 261. The minimum Gasteiger partial charge on any atom is -0.355 e. The fourth-order valence-electron chi connectivity index (χ4n) is 2.02. The van der Waals surface area contributed by atoms with Gasteiger partial charge < -0.3 is 11.1 Å². The molecule has 0 aliphatic rings. The van der Waals surface area contributed by atoms with E-state index >= 15 is 0 Å². The molecule has 0 radical (unpaired) electrons. The highest BCUT2D eigenvalue weighted by Gasteiger charge is 2.23. The van der Waals surface area contributed by atoms with Crippen molar-refractivity contribution in [2.75, 3.05) is 13.1 Å². The van der Waals surface area contributed by atoms with E-state index in [1.54, 1.807) is 0 Å². The van der Waals surface area contributed by atoms with Crippen molar-refractivity contribution in [2.24, 2.45) is 11.1 Å². The summed E-state index contributed by atoms with van der Waals surface area (Å²) in [5.41, 5.74) is 5.98. The summed E-state index contributed by atoms with van der Waals surface area (Å²) < 4.78 is 0. The van der Waals surface area contributed by atoms with Crippen molar-refractivity contribution in [3.05, 3.63) is 0 Å². The number of carbonyl (C=O) groups excluding carboxylic acids is 1. The molecule has 114 valence electrons. The average Bonchev–Trinajstić information content (AvgIpc) is 2.21. The quantitative estimate of drug-likeness (QED) is 0.744. The number of amides is 1. The molecule has 4 heteroatoms. The number of nitrogens with two attached hydrogens (primary N) is 1. The molecule has 0 aromatic heterocycles. The predicted octanol–water partition coefficient (Wildman–Crippen LogP) is 1.98. The molecule has 3 N–H and O–H groups in total. The Kier molecular flexibility index (Phi) is 7.60. The van der Waals surface area contributed by atoms with E-state index in [-0.39, 0.29) is 17.4 Å². The standard InChI is InChI=1S/C15H33N3O/c1-11(2)18(12(3)4)9-8-17-14(19)10-13(16)15(5,6)7/h11-13H,8-10,16H2,1-7H3,(H,17,19). The van der Waals surface area contributed by atoms with Gasteiger partial charge in [-0.3, -0.25) is 9.69 Å². The molecule has 4 nitrogen and oxygen atoms in total. The largest absolute Gasteiger partial charge is 0.355 e. The molecule has 1 atom stereocenters. The molecule has 1 amide bonds. The first-order chi connectivity index (χ1) is 8.55. The van der Waals surface area contributed by atoms with Crippen LogP contribution in [0.5, 0.6) is 0 Å². The second-order valence-electron chi connectivity index (χ2n) is 6.95. The van der Waals surface area contributed by atoms with Crippen LogP contribution >= 0.6 is 0 Å². The Labute approximate surface area is 119 Å². The molecule has 0 rings (SSSR count). The summed E-state index contributed by atoms with van der Waals surface area (Å²) in [5, 5.41) is 2.97. The SMILES string of the molecule is CC(C)N(CCNC(=O)CC(N)C(C)(C)C)C(C)C. The van der Waals surface area contributed by atoms with Crippen LogP contribution in [0.1, 0.15) is 54.9 Å². The highest BCUT2D eigenvalue weighted by Crippen LogP contribution is 2.19. The van der Waals surface area contributed by atoms with E-state index in [0.29, 0.717) is 25.0 Å². The summed E-state index contributed by atoms with van der Waals surface area (Å²) in [6.07, 6.45) is 0.396. The van der Waals surface area contributed by atoms with E-state index in [4.69, 9.17) is 5.73 Å². The summed E-state index contributed by atoms with van der Waals surface area (Å²) in [6.45, 7) is 16.5. The topological polar surface area (TPSA) is 58.4 Å². The van der Waals surface area contributed by atoms with E-state index < -0.39 is 0 Å². The number of nitrogens with zero attached hydrogens (tertiary/aromatic N) is 1. The minimum absolute atomic E-state index is 0.0285. The summed E-state index contributed by atoms with van der Waals surface area (Å²) in [5.74, 6) is 0.0508. The Morgan fingerprint density at radius 1 is 1.16 bits per heavy atom. The first-order valence-corrected chi connectivity index (χ1v) is 7.33. The van der Waals surface area contributed by atoms with Crippen LogP contribution < -0.4 is 11.1 Å². The number of hydrogen-bond donors (Lipinski definition) is 2. The maximum Gasteiger partial charge on any atom is 0.221 e. The lowest BCUT2D eigenvalue weighted by Gasteiger charge is -2.30. The van der Waals surface area contributed by atoms with Crippen molar-refractivity contribution in [1.82, 2.24) is 10.2 Å². The molecule has 0 aromatic carbocycles. The van der Waals surface area contributed by atoms with Crippen LogP contribution in [0, 0.1) is 5.41 Å². The molecular weight excluding hydrogens is 238 g/mol. The van der Waals surface area contributed by atoms with E-state index in [1.807, 2.05) is 0 Å². The predicted molar refractivity (Wildman–Crippen MR) is 82.0 cm³/mol. The van der Waals surface area contributed by atoms with Gasteiger partial charge in [0.15, 0.2) is 0 Å². The summed E-state index contributed by atoms with van der Waals surface area (Å²) in [4.78, 5) is 14.2. The molecule has 0 aliphatic heterocycles. The molecule has 0 aromatic rings. The molecule has 0 saturated carbocycles. The van der Waals surface area contributed by atoms with Crippen molar-refractivity contribution in [2.45, 2.75) is 73.0 Å². The lowest BCUT2D eigenvalue weighted by atomic mass is 9.85. The van der Waals surface area contributed by atoms with E-state index in [9.17, 15) is 4.79 Å². The second kappa shape index (κ2) is 7.85. The number of nitrogens with one attached hydrogen (secondary N) is 1. The lowest BCUT2D eigenvalue weighted by molar-refractivity contribution is -0.122. The number of carbonyl (C=O) groups is 1. The van der Waals surface area contributed by atoms with Gasteiger partial charge in [-0.1, -0.05) is 20.8 Å². The van der Waals surface area contributed by atoms with Crippen LogP contribution in [-0.4, -0.2) is 42.0 Å². The van der Waals surface area contributed by atoms with Gasteiger partial charge in [-0.05, 0) is 33.1 Å². The van der Waals surface area contributed by atoms with Gasteiger partial charge in [-0.25, -0.2) is 0 Å². The third-order valence-electron chi connectivity index (χ3n) is 3.54. The summed E-state index contributed by atoms with van der Waals surface area (Å²) >= 11 is 0. The Morgan fingerprint density at radius 2 is 1.63 bits per heavy atom. The van der Waals surface area contributed by atoms with Crippen LogP contribution in [0.4, 0.5) is 0 Å². The van der Waals surface area contributed by atoms with Gasteiger partial charge in [-0.2, -0.15) is 0 Å². The van der Waals surface area contributed by atoms with E-state index in [0.717, 1.165) is 6.54 Å². The highest BCUT2D eigenvalue weighted by atomic mass is 16.1. The fraction of sp³-hybridized carbons (Fsp3) is 0.933. The molecule has 0 heterocycles. The molecule has 0 aliphatic carbocycles. The van der Waals surface area contributed by atoms with Gasteiger partial charge in [0.05, 0.1) is 0 Å². The lowest BCUT2D eigenvalue weighted by Crippen LogP contribution is -2.44. The molecule has 19 heavy (non-hydrogen) atoms. The normalized spacial score (nSPS) is 14.3. The molecule has 1 unspecified atom stereocenters. The van der Waals surface area contributed by atoms with Crippen LogP contribution in [0.15, 0.2) is 0 Å². The monoisotopic (exact) mass is 271 g/mol. The Morgan fingerprint density at radius 3 is 2.00 bits per heavy atom. The van der Waals surface area contributed by atoms with Gasteiger partial charge in [0.1, 0.15) is 0 Å². The molecule has 0 saturated heterocycles. The third kappa shape index (κ3) is 7.53. The molecule has 0 spiro atoms. The van der Waals surface area contributed by atoms with Crippen LogP contribution in [0.2, 0.25) is 0 Å². The van der Waals surface area contributed by atoms with Crippen molar-refractivity contribution in [3.8, 4) is 0 Å². The average molecular weight is 271 g/mol. The first-order valence-electron chi connectivity index (χ1n) is 7.33. The van der Waals surface area contributed by atoms with Crippen LogP contribution in [0.3, 0.4) is 0 Å². The van der Waals surface area contributed by atoms with Crippen molar-refractivity contribution < 1.29 is 4.79 Å². The van der Waals surface area contributed by atoms with Crippen LogP contribution in [-0.2, 0) is 4.79 Å². The van der Waals surface area contributed by atoms with E-state index in [2.05, 4.69) is 58.7 Å². The van der Waals surface area contributed by atoms with Crippen molar-refractivity contribution in [3.63, 3.8) is 0 Å². The fourth-order valence-corrected chi connectivity index (χ4v) is 2.02. The van der Waals surface area contributed by atoms with Crippen molar-refractivity contribution in [1.29, 1.82) is 0 Å². The summed E-state index contributed by atoms with van der Waals surface area (Å²) in [7, 11) is 0. The minimum atomic E-state index is -0.0983. The van der Waals surface area contributed by atoms with Gasteiger partial charge in [0.25, 0.3) is 0 Å². The maximum absolute atomic E-state index is 11.8. The first kappa shape index (κ1) is 18.4. The molecule has 0 bridgehead atoms. The number of hydrogen-bond acceptors (Lipinski definition) is 3.